The van der Waals surface area contributed by atoms with Crippen molar-refractivity contribution in [1.82, 2.24) is 9.55 Å². The molecule has 3 aromatic rings. The number of anilines is 1. The second-order valence-corrected chi connectivity index (χ2v) is 5.42. The van der Waals surface area contributed by atoms with Gasteiger partial charge < -0.3 is 9.88 Å². The van der Waals surface area contributed by atoms with Crippen LogP contribution in [0.25, 0.3) is 5.69 Å². The van der Waals surface area contributed by atoms with Gasteiger partial charge in [-0.15, -0.1) is 0 Å². The molecule has 8 nitrogen and oxygen atoms in total. The van der Waals surface area contributed by atoms with Crippen molar-refractivity contribution in [2.45, 2.75) is 6.42 Å². The molecule has 2 aromatic carbocycles. The number of hydrogen-bond acceptors (Lipinski definition) is 5. The van der Waals surface area contributed by atoms with Gasteiger partial charge in [-0.25, -0.2) is 4.98 Å². The molecule has 0 fully saturated rings. The Bertz CT molecular complexity index is 989. The number of nitrogens with one attached hydrogen (secondary N) is 1. The van der Waals surface area contributed by atoms with E-state index in [1.165, 1.54) is 35.3 Å². The number of nitrogens with zero attached hydrogens (tertiary/aromatic N) is 4. The molecule has 0 bridgehead atoms. The Hall–Kier alpha value is -3.99. The van der Waals surface area contributed by atoms with Crippen LogP contribution in [0.1, 0.15) is 15.9 Å². The SMILES string of the molecule is N#CCc1ccc(NC(=O)c2ccc(-n3ccnc3)c([N+](=O)[O-])c2)cc1. The zero-order valence-corrected chi connectivity index (χ0v) is 13.5. The highest BCUT2D eigenvalue weighted by Gasteiger charge is 2.18. The van der Waals surface area contributed by atoms with E-state index in [1.54, 1.807) is 30.5 Å². The van der Waals surface area contributed by atoms with Crippen molar-refractivity contribution in [3.05, 3.63) is 82.4 Å². The summed E-state index contributed by atoms with van der Waals surface area (Å²) in [6, 6.07) is 13.1. The molecule has 128 valence electrons. The topological polar surface area (TPSA) is 114 Å². The molecule has 0 saturated heterocycles. The molecule has 1 aromatic heterocycles. The highest BCUT2D eigenvalue weighted by atomic mass is 16.6. The van der Waals surface area contributed by atoms with E-state index in [4.69, 9.17) is 5.26 Å². The molecule has 0 unspecified atom stereocenters. The Morgan fingerprint density at radius 1 is 1.27 bits per heavy atom. The number of hydrogen-bond donors (Lipinski definition) is 1. The van der Waals surface area contributed by atoms with Crippen molar-refractivity contribution in [2.24, 2.45) is 0 Å². The first-order chi connectivity index (χ1) is 12.6. The van der Waals surface area contributed by atoms with Crippen LogP contribution in [0.4, 0.5) is 11.4 Å². The molecule has 1 amide bonds. The molecule has 0 aliphatic rings. The fourth-order valence-corrected chi connectivity index (χ4v) is 2.43. The summed E-state index contributed by atoms with van der Waals surface area (Å²) in [5.41, 5.74) is 1.68. The molecule has 0 radical (unpaired) electrons. The highest BCUT2D eigenvalue weighted by Crippen LogP contribution is 2.24. The van der Waals surface area contributed by atoms with Crippen LogP contribution in [0.2, 0.25) is 0 Å². The maximum absolute atomic E-state index is 12.4. The number of aromatic nitrogens is 2. The molecule has 26 heavy (non-hydrogen) atoms. The van der Waals surface area contributed by atoms with Crippen LogP contribution in [0.15, 0.2) is 61.2 Å². The van der Waals surface area contributed by atoms with Crippen molar-refractivity contribution in [3.63, 3.8) is 0 Å². The summed E-state index contributed by atoms with van der Waals surface area (Å²) in [6.45, 7) is 0. The lowest BCUT2D eigenvalue weighted by Gasteiger charge is -2.08. The Morgan fingerprint density at radius 2 is 2.04 bits per heavy atom. The van der Waals surface area contributed by atoms with Gasteiger partial charge in [0.1, 0.15) is 5.69 Å². The van der Waals surface area contributed by atoms with Gasteiger partial charge in [-0.3, -0.25) is 14.9 Å². The summed E-state index contributed by atoms with van der Waals surface area (Å²) >= 11 is 0. The van der Waals surface area contributed by atoms with Crippen molar-refractivity contribution in [3.8, 4) is 11.8 Å². The second kappa shape index (κ2) is 7.27. The van der Waals surface area contributed by atoms with Gasteiger partial charge in [0.15, 0.2) is 0 Å². The average Bonchev–Trinajstić information content (AvgIpc) is 3.17. The van der Waals surface area contributed by atoms with Gasteiger partial charge >= 0.3 is 0 Å². The zero-order chi connectivity index (χ0) is 18.5. The number of carbonyl (C=O) groups is 1. The summed E-state index contributed by atoms with van der Waals surface area (Å²) in [5.74, 6) is -0.460. The number of nitro groups is 1. The predicted molar refractivity (Wildman–Crippen MR) is 93.9 cm³/mol. The minimum absolute atomic E-state index is 0.168. The maximum atomic E-state index is 12.4. The van der Waals surface area contributed by atoms with E-state index in [-0.39, 0.29) is 17.7 Å². The van der Waals surface area contributed by atoms with Gasteiger partial charge in [0.2, 0.25) is 0 Å². The van der Waals surface area contributed by atoms with Gasteiger partial charge in [0.05, 0.1) is 23.7 Å². The van der Waals surface area contributed by atoms with E-state index in [0.717, 1.165) is 5.56 Å². The molecule has 8 heteroatoms. The van der Waals surface area contributed by atoms with Gasteiger partial charge in [-0.1, -0.05) is 12.1 Å². The fraction of sp³-hybridized carbons (Fsp3) is 0.0556. The molecular weight excluding hydrogens is 334 g/mol. The lowest BCUT2D eigenvalue weighted by atomic mass is 10.1. The zero-order valence-electron chi connectivity index (χ0n) is 13.5. The van der Waals surface area contributed by atoms with Crippen LogP contribution in [0.3, 0.4) is 0 Å². The number of imidazole rings is 1. The van der Waals surface area contributed by atoms with E-state index in [9.17, 15) is 14.9 Å². The van der Waals surface area contributed by atoms with E-state index in [2.05, 4.69) is 10.3 Å². The molecule has 0 aliphatic carbocycles. The number of benzene rings is 2. The summed E-state index contributed by atoms with van der Waals surface area (Å²) in [4.78, 5) is 27.1. The van der Waals surface area contributed by atoms with Crippen molar-refractivity contribution in [1.29, 1.82) is 5.26 Å². The highest BCUT2D eigenvalue weighted by molar-refractivity contribution is 6.04. The summed E-state index contributed by atoms with van der Waals surface area (Å²) in [5, 5.41) is 22.7. The van der Waals surface area contributed by atoms with Gasteiger partial charge in [0.25, 0.3) is 11.6 Å². The summed E-state index contributed by atoms with van der Waals surface area (Å²) in [7, 11) is 0. The van der Waals surface area contributed by atoms with Crippen LogP contribution < -0.4 is 5.32 Å². The maximum Gasteiger partial charge on any atom is 0.294 e. The van der Waals surface area contributed by atoms with Crippen LogP contribution in [0.5, 0.6) is 0 Å². The molecule has 1 N–H and O–H groups in total. The minimum Gasteiger partial charge on any atom is -0.322 e. The number of rotatable bonds is 5. The minimum atomic E-state index is -0.539. The largest absolute Gasteiger partial charge is 0.322 e. The molecular formula is C18H13N5O3. The molecule has 0 spiro atoms. The molecule has 3 rings (SSSR count). The standard InChI is InChI=1S/C18H13N5O3/c19-8-7-13-1-4-15(5-2-13)21-18(24)14-3-6-16(17(11-14)23(25)26)22-10-9-20-12-22/h1-6,9-12H,7H2,(H,21,24). The van der Waals surface area contributed by atoms with E-state index in [0.29, 0.717) is 11.4 Å². The van der Waals surface area contributed by atoms with Gasteiger partial charge in [0, 0.05) is 29.7 Å². The van der Waals surface area contributed by atoms with Crippen molar-refractivity contribution in [2.75, 3.05) is 5.32 Å². The van der Waals surface area contributed by atoms with Crippen LogP contribution in [-0.4, -0.2) is 20.4 Å². The fourth-order valence-electron chi connectivity index (χ4n) is 2.43. The third-order valence-electron chi connectivity index (χ3n) is 3.71. The van der Waals surface area contributed by atoms with Crippen molar-refractivity contribution < 1.29 is 9.72 Å². The lowest BCUT2D eigenvalue weighted by Crippen LogP contribution is -2.12. The summed E-state index contributed by atoms with van der Waals surface area (Å²) < 4.78 is 1.51. The first-order valence-electron chi connectivity index (χ1n) is 7.62. The Balaban J connectivity index is 1.84. The lowest BCUT2D eigenvalue weighted by molar-refractivity contribution is -0.384. The molecule has 0 aliphatic heterocycles. The third-order valence-corrected chi connectivity index (χ3v) is 3.71. The third kappa shape index (κ3) is 3.57. The van der Waals surface area contributed by atoms with Crippen LogP contribution in [-0.2, 0) is 6.42 Å². The van der Waals surface area contributed by atoms with E-state index >= 15 is 0 Å². The average molecular weight is 347 g/mol. The first-order valence-corrected chi connectivity index (χ1v) is 7.62. The summed E-state index contributed by atoms with van der Waals surface area (Å²) in [6.07, 6.45) is 4.84. The molecule has 0 atom stereocenters. The number of nitriles is 1. The van der Waals surface area contributed by atoms with Crippen LogP contribution in [0, 0.1) is 21.4 Å². The van der Waals surface area contributed by atoms with Crippen LogP contribution >= 0.6 is 0 Å². The van der Waals surface area contributed by atoms with Crippen molar-refractivity contribution >= 4 is 17.3 Å². The second-order valence-electron chi connectivity index (χ2n) is 5.42. The number of carbonyl (C=O) groups excluding carboxylic acids is 1. The van der Waals surface area contributed by atoms with E-state index < -0.39 is 10.8 Å². The van der Waals surface area contributed by atoms with Gasteiger partial charge in [-0.2, -0.15) is 5.26 Å². The predicted octanol–water partition coefficient (Wildman–Crippen LogP) is 3.10. The Morgan fingerprint density at radius 3 is 2.65 bits per heavy atom. The quantitative estimate of drug-likeness (QED) is 0.562. The molecule has 1 heterocycles. The van der Waals surface area contributed by atoms with E-state index in [1.807, 2.05) is 6.07 Å². The molecule has 0 saturated carbocycles. The number of amides is 1. The Kier molecular flexibility index (Phi) is 4.71. The first kappa shape index (κ1) is 16.9. The smallest absolute Gasteiger partial charge is 0.294 e. The monoisotopic (exact) mass is 347 g/mol. The van der Waals surface area contributed by atoms with Gasteiger partial charge in [-0.05, 0) is 29.8 Å². The normalized spacial score (nSPS) is 10.1. The number of nitro benzene ring substituents is 1. The Labute approximate surface area is 148 Å².